The number of alkyl halides is 3. The quantitative estimate of drug-likeness (QED) is 0.764. The lowest BCUT2D eigenvalue weighted by Crippen LogP contribution is -2.06. The lowest BCUT2D eigenvalue weighted by Gasteiger charge is -2.17. The third-order valence-electron chi connectivity index (χ3n) is 2.93. The smallest absolute Gasteiger partial charge is 0.446 e. The molecule has 0 atom stereocenters. The average molecular weight is 375 g/mol. The van der Waals surface area contributed by atoms with Gasteiger partial charge in [-0.25, -0.2) is 9.97 Å². The molecule has 0 spiro atoms. The van der Waals surface area contributed by atoms with Crippen LogP contribution in [-0.2, 0) is 0 Å². The normalized spacial score (nSPS) is 11.6. The topological polar surface area (TPSA) is 109 Å². The van der Waals surface area contributed by atoms with Crippen molar-refractivity contribution in [2.75, 3.05) is 18.6 Å². The van der Waals surface area contributed by atoms with E-state index in [0.29, 0.717) is 5.69 Å². The minimum absolute atomic E-state index is 0.0388. The number of hydrogen-bond acceptors (Lipinski definition) is 8. The maximum atomic E-state index is 12.8. The van der Waals surface area contributed by atoms with Crippen LogP contribution in [0.25, 0.3) is 0 Å². The van der Waals surface area contributed by atoms with Crippen LogP contribution in [0.2, 0.25) is 0 Å². The Morgan fingerprint density at radius 2 is 1.84 bits per heavy atom. The number of ether oxygens (including phenoxy) is 2. The molecule has 0 saturated heterocycles. The van der Waals surface area contributed by atoms with Crippen molar-refractivity contribution >= 4 is 23.5 Å². The number of nitrogens with two attached hydrogens (primary N) is 2. The number of halogens is 3. The van der Waals surface area contributed by atoms with Crippen LogP contribution in [0.15, 0.2) is 17.2 Å². The molecule has 2 aromatic heterocycles. The number of pyridine rings is 1. The van der Waals surface area contributed by atoms with Gasteiger partial charge in [-0.1, -0.05) is 13.8 Å². The first-order valence-electron chi connectivity index (χ1n) is 7.01. The lowest BCUT2D eigenvalue weighted by atomic mass is 10.1. The van der Waals surface area contributed by atoms with E-state index in [9.17, 15) is 13.2 Å². The molecule has 0 aliphatic heterocycles. The fourth-order valence-electron chi connectivity index (χ4n) is 1.91. The molecule has 0 radical (unpaired) electrons. The molecular formula is C14H16F3N5O2S. The molecule has 2 heterocycles. The largest absolute Gasteiger partial charge is 0.480 e. The Morgan fingerprint density at radius 3 is 2.36 bits per heavy atom. The van der Waals surface area contributed by atoms with E-state index in [4.69, 9.17) is 20.9 Å². The minimum Gasteiger partial charge on any atom is -0.480 e. The number of aromatic nitrogens is 3. The van der Waals surface area contributed by atoms with Crippen molar-refractivity contribution in [3.05, 3.63) is 18.0 Å². The molecule has 0 aromatic carbocycles. The Morgan fingerprint density at radius 1 is 1.16 bits per heavy atom. The van der Waals surface area contributed by atoms with Crippen molar-refractivity contribution < 1.29 is 22.6 Å². The van der Waals surface area contributed by atoms with Crippen LogP contribution < -0.4 is 20.9 Å². The van der Waals surface area contributed by atoms with Gasteiger partial charge in [-0.3, -0.25) is 0 Å². The Balaban J connectivity index is 2.51. The molecule has 0 unspecified atom stereocenters. The van der Waals surface area contributed by atoms with Crippen molar-refractivity contribution in [1.29, 1.82) is 0 Å². The molecule has 2 aromatic rings. The predicted molar refractivity (Wildman–Crippen MR) is 87.7 cm³/mol. The van der Waals surface area contributed by atoms with Gasteiger partial charge in [0.2, 0.25) is 11.8 Å². The summed E-state index contributed by atoms with van der Waals surface area (Å²) >= 11 is -0.346. The fourth-order valence-corrected chi connectivity index (χ4v) is 2.54. The van der Waals surface area contributed by atoms with Gasteiger partial charge in [-0.15, -0.1) is 0 Å². The lowest BCUT2D eigenvalue weighted by molar-refractivity contribution is -0.0329. The first-order chi connectivity index (χ1) is 11.6. The second-order valence-corrected chi connectivity index (χ2v) is 6.27. The molecule has 7 nitrogen and oxygen atoms in total. The minimum atomic E-state index is -4.51. The number of rotatable bonds is 5. The van der Waals surface area contributed by atoms with E-state index in [1.54, 1.807) is 0 Å². The van der Waals surface area contributed by atoms with Crippen molar-refractivity contribution in [3.8, 4) is 17.4 Å². The van der Waals surface area contributed by atoms with Crippen LogP contribution in [0, 0.1) is 0 Å². The summed E-state index contributed by atoms with van der Waals surface area (Å²) in [6.07, 6.45) is 1.24. The third kappa shape index (κ3) is 4.78. The Kier molecular flexibility index (Phi) is 5.45. The van der Waals surface area contributed by atoms with Gasteiger partial charge < -0.3 is 20.9 Å². The summed E-state index contributed by atoms with van der Waals surface area (Å²) in [7, 11) is 1.25. The maximum absolute atomic E-state index is 12.8. The molecule has 0 saturated carbocycles. The summed E-state index contributed by atoms with van der Waals surface area (Å²) in [6.45, 7) is 3.63. The summed E-state index contributed by atoms with van der Waals surface area (Å²) < 4.78 is 48.9. The van der Waals surface area contributed by atoms with Crippen LogP contribution in [0.4, 0.5) is 24.9 Å². The van der Waals surface area contributed by atoms with E-state index < -0.39 is 5.51 Å². The van der Waals surface area contributed by atoms with Crippen LogP contribution in [0.5, 0.6) is 17.4 Å². The molecule has 0 aliphatic carbocycles. The highest BCUT2D eigenvalue weighted by Crippen LogP contribution is 2.44. The molecule has 136 valence electrons. The molecule has 11 heteroatoms. The van der Waals surface area contributed by atoms with Crippen molar-refractivity contribution in [2.45, 2.75) is 30.2 Å². The van der Waals surface area contributed by atoms with Gasteiger partial charge in [0.1, 0.15) is 0 Å². The summed E-state index contributed by atoms with van der Waals surface area (Å²) in [5.41, 5.74) is 7.02. The van der Waals surface area contributed by atoms with E-state index in [1.165, 1.54) is 19.4 Å². The van der Waals surface area contributed by atoms with Gasteiger partial charge in [-0.05, 0) is 17.7 Å². The highest BCUT2D eigenvalue weighted by Gasteiger charge is 2.32. The Labute approximate surface area is 145 Å². The van der Waals surface area contributed by atoms with Gasteiger partial charge in [-0.2, -0.15) is 18.2 Å². The van der Waals surface area contributed by atoms with Crippen LogP contribution in [-0.4, -0.2) is 27.6 Å². The highest BCUT2D eigenvalue weighted by molar-refractivity contribution is 8.00. The zero-order valence-corrected chi connectivity index (χ0v) is 14.4. The summed E-state index contributed by atoms with van der Waals surface area (Å²) in [6, 6.07) is 1.20. The molecular weight excluding hydrogens is 359 g/mol. The SMILES string of the molecule is COc1nc(C(C)C)c(Oc2cnc(N)nc2N)cc1SC(F)(F)F. The van der Waals surface area contributed by atoms with E-state index in [2.05, 4.69) is 15.0 Å². The van der Waals surface area contributed by atoms with Crippen molar-refractivity contribution in [1.82, 2.24) is 15.0 Å². The zero-order chi connectivity index (χ0) is 18.8. The van der Waals surface area contributed by atoms with Crippen LogP contribution in [0.3, 0.4) is 0 Å². The Hall–Kier alpha value is -2.43. The monoisotopic (exact) mass is 375 g/mol. The van der Waals surface area contributed by atoms with Gasteiger partial charge in [0, 0.05) is 6.07 Å². The van der Waals surface area contributed by atoms with Gasteiger partial charge in [0.05, 0.1) is 23.9 Å². The first-order valence-corrected chi connectivity index (χ1v) is 7.83. The van der Waals surface area contributed by atoms with Crippen molar-refractivity contribution in [2.24, 2.45) is 0 Å². The molecule has 2 rings (SSSR count). The van der Waals surface area contributed by atoms with Gasteiger partial charge in [0.15, 0.2) is 17.3 Å². The van der Waals surface area contributed by atoms with E-state index >= 15 is 0 Å². The number of thioether (sulfide) groups is 1. The number of methoxy groups -OCH3 is 1. The van der Waals surface area contributed by atoms with Gasteiger partial charge >= 0.3 is 5.51 Å². The molecule has 25 heavy (non-hydrogen) atoms. The Bertz CT molecular complexity index is 771. The zero-order valence-electron chi connectivity index (χ0n) is 13.6. The predicted octanol–water partition coefficient (Wildman–Crippen LogP) is 3.57. The summed E-state index contributed by atoms with van der Waals surface area (Å²) in [5, 5.41) is 0. The highest BCUT2D eigenvalue weighted by atomic mass is 32.2. The standard InChI is InChI=1S/C14H16F3N5O2S/c1-6(2)10-7(24-8-5-20-13(19)22-11(8)18)4-9(12(21-10)23-3)25-14(15,16)17/h4-6H,1-3H3,(H4,18,19,20,22). The first kappa shape index (κ1) is 18.9. The fraction of sp³-hybridized carbons (Fsp3) is 0.357. The number of hydrogen-bond donors (Lipinski definition) is 2. The third-order valence-corrected chi connectivity index (χ3v) is 3.68. The second kappa shape index (κ2) is 7.21. The summed E-state index contributed by atoms with van der Waals surface area (Å²) in [4.78, 5) is 11.4. The van der Waals surface area contributed by atoms with Crippen molar-refractivity contribution in [3.63, 3.8) is 0 Å². The second-order valence-electron chi connectivity index (χ2n) is 5.16. The van der Waals surface area contributed by atoms with Crippen LogP contribution in [0.1, 0.15) is 25.5 Å². The summed E-state index contributed by atoms with van der Waals surface area (Å²) in [5.74, 6) is -0.212. The average Bonchev–Trinajstić information content (AvgIpc) is 2.48. The number of anilines is 2. The van der Waals surface area contributed by atoms with Gasteiger partial charge in [0.25, 0.3) is 0 Å². The molecule has 0 amide bonds. The van der Waals surface area contributed by atoms with E-state index in [0.717, 1.165) is 0 Å². The molecule has 0 fully saturated rings. The maximum Gasteiger partial charge on any atom is 0.446 e. The number of nitrogen functional groups attached to an aromatic ring is 2. The molecule has 4 N–H and O–H groups in total. The van der Waals surface area contributed by atoms with E-state index in [1.807, 2.05) is 13.8 Å². The van der Waals surface area contributed by atoms with E-state index in [-0.39, 0.29) is 51.7 Å². The molecule has 0 aliphatic rings. The van der Waals surface area contributed by atoms with Crippen LogP contribution >= 0.6 is 11.8 Å². The number of nitrogens with zero attached hydrogens (tertiary/aromatic N) is 3. The molecule has 0 bridgehead atoms.